The first kappa shape index (κ1) is 14.8. The molecule has 1 amide bonds. The summed E-state index contributed by atoms with van der Waals surface area (Å²) < 4.78 is 6.80. The van der Waals surface area contributed by atoms with Crippen molar-refractivity contribution < 1.29 is 9.21 Å². The largest absolute Gasteiger partial charge is 0.442 e. The van der Waals surface area contributed by atoms with Crippen LogP contribution >= 0.6 is 0 Å². The SMILES string of the molecule is Cc1oc2ncn(C)c(=O)c2c1C(=O)NC1CCCC1CN. The van der Waals surface area contributed by atoms with E-state index in [1.165, 1.54) is 10.9 Å². The lowest BCUT2D eigenvalue weighted by molar-refractivity contribution is 0.0928. The molecule has 3 rings (SSSR count). The van der Waals surface area contributed by atoms with Gasteiger partial charge in [-0.15, -0.1) is 0 Å². The lowest BCUT2D eigenvalue weighted by Gasteiger charge is -2.19. The smallest absolute Gasteiger partial charge is 0.265 e. The molecule has 2 atom stereocenters. The fourth-order valence-electron chi connectivity index (χ4n) is 3.21. The molecule has 22 heavy (non-hydrogen) atoms. The molecular formula is C15H20N4O3. The monoisotopic (exact) mass is 304 g/mol. The van der Waals surface area contributed by atoms with Crippen LogP contribution in [0.3, 0.4) is 0 Å². The Morgan fingerprint density at radius 1 is 1.55 bits per heavy atom. The van der Waals surface area contributed by atoms with Crippen molar-refractivity contribution >= 4 is 17.0 Å². The molecular weight excluding hydrogens is 284 g/mol. The van der Waals surface area contributed by atoms with Gasteiger partial charge in [-0.3, -0.25) is 9.59 Å². The number of carbonyl (C=O) groups excluding carboxylic acids is 1. The molecule has 0 aromatic carbocycles. The highest BCUT2D eigenvalue weighted by Crippen LogP contribution is 2.26. The highest BCUT2D eigenvalue weighted by atomic mass is 16.3. The van der Waals surface area contributed by atoms with E-state index in [4.69, 9.17) is 10.2 Å². The minimum absolute atomic E-state index is 0.0578. The summed E-state index contributed by atoms with van der Waals surface area (Å²) in [7, 11) is 1.60. The number of nitrogens with zero attached hydrogens (tertiary/aromatic N) is 2. The van der Waals surface area contributed by atoms with Crippen molar-refractivity contribution in [2.24, 2.45) is 18.7 Å². The third-order valence-corrected chi connectivity index (χ3v) is 4.45. The normalized spacial score (nSPS) is 21.4. The molecule has 0 aliphatic heterocycles. The van der Waals surface area contributed by atoms with Crippen LogP contribution in [0.2, 0.25) is 0 Å². The van der Waals surface area contributed by atoms with Crippen molar-refractivity contribution in [3.8, 4) is 0 Å². The number of carbonyl (C=O) groups is 1. The van der Waals surface area contributed by atoms with Crippen LogP contribution in [0.1, 0.15) is 35.4 Å². The average Bonchev–Trinajstić information content (AvgIpc) is 3.06. The highest BCUT2D eigenvalue weighted by Gasteiger charge is 2.30. The predicted molar refractivity (Wildman–Crippen MR) is 81.6 cm³/mol. The molecule has 0 bridgehead atoms. The van der Waals surface area contributed by atoms with E-state index >= 15 is 0 Å². The van der Waals surface area contributed by atoms with E-state index in [0.29, 0.717) is 18.2 Å². The lowest BCUT2D eigenvalue weighted by Crippen LogP contribution is -2.40. The Balaban J connectivity index is 1.99. The van der Waals surface area contributed by atoms with E-state index in [9.17, 15) is 9.59 Å². The van der Waals surface area contributed by atoms with Gasteiger partial charge in [-0.25, -0.2) is 4.98 Å². The summed E-state index contributed by atoms with van der Waals surface area (Å²) in [6.45, 7) is 2.23. The fraction of sp³-hybridized carbons (Fsp3) is 0.533. The summed E-state index contributed by atoms with van der Waals surface area (Å²) in [5.74, 6) is 0.417. The molecule has 2 aromatic heterocycles. The summed E-state index contributed by atoms with van der Waals surface area (Å²) >= 11 is 0. The van der Waals surface area contributed by atoms with Gasteiger partial charge in [-0.2, -0.15) is 0 Å². The van der Waals surface area contributed by atoms with Crippen LogP contribution in [0, 0.1) is 12.8 Å². The molecule has 1 aliphatic rings. The zero-order valence-electron chi connectivity index (χ0n) is 12.8. The first-order chi connectivity index (χ1) is 10.5. The third-order valence-electron chi connectivity index (χ3n) is 4.45. The Bertz CT molecular complexity index is 777. The maximum absolute atomic E-state index is 12.6. The second-order valence-corrected chi connectivity index (χ2v) is 5.88. The van der Waals surface area contributed by atoms with Crippen LogP contribution in [0.15, 0.2) is 15.5 Å². The van der Waals surface area contributed by atoms with Gasteiger partial charge >= 0.3 is 0 Å². The van der Waals surface area contributed by atoms with E-state index in [1.54, 1.807) is 14.0 Å². The number of hydrogen-bond acceptors (Lipinski definition) is 5. The van der Waals surface area contributed by atoms with Gasteiger partial charge < -0.3 is 20.0 Å². The maximum atomic E-state index is 12.6. The summed E-state index contributed by atoms with van der Waals surface area (Å²) in [5.41, 5.74) is 5.95. The molecule has 2 aromatic rings. The number of nitrogens with two attached hydrogens (primary N) is 1. The second kappa shape index (κ2) is 5.57. The van der Waals surface area contributed by atoms with Gasteiger partial charge in [0.05, 0.1) is 5.56 Å². The molecule has 3 N–H and O–H groups in total. The number of hydrogen-bond donors (Lipinski definition) is 2. The Kier molecular flexibility index (Phi) is 3.74. The molecule has 7 nitrogen and oxygen atoms in total. The van der Waals surface area contributed by atoms with Crippen LogP contribution in [0.25, 0.3) is 11.1 Å². The standard InChI is InChI=1S/C15H20N4O3/c1-8-11(12-14(22-8)17-7-19(2)15(12)21)13(20)18-10-5-3-4-9(10)6-16/h7,9-10H,3-6,16H2,1-2H3,(H,18,20). The molecule has 0 radical (unpaired) electrons. The quantitative estimate of drug-likeness (QED) is 0.868. The molecule has 1 saturated carbocycles. The van der Waals surface area contributed by atoms with E-state index in [-0.39, 0.29) is 34.2 Å². The van der Waals surface area contributed by atoms with Gasteiger partial charge in [-0.05, 0) is 32.2 Å². The van der Waals surface area contributed by atoms with E-state index < -0.39 is 0 Å². The average molecular weight is 304 g/mol. The van der Waals surface area contributed by atoms with Crippen molar-refractivity contribution in [1.29, 1.82) is 0 Å². The Hall–Kier alpha value is -2.15. The topological polar surface area (TPSA) is 103 Å². The minimum Gasteiger partial charge on any atom is -0.442 e. The first-order valence-corrected chi connectivity index (χ1v) is 7.48. The number of amides is 1. The van der Waals surface area contributed by atoms with Gasteiger partial charge in [-0.1, -0.05) is 6.42 Å². The third kappa shape index (κ3) is 2.31. The Morgan fingerprint density at radius 3 is 3.05 bits per heavy atom. The molecule has 2 unspecified atom stereocenters. The maximum Gasteiger partial charge on any atom is 0.265 e. The number of aromatic nitrogens is 2. The molecule has 1 fully saturated rings. The van der Waals surface area contributed by atoms with Gasteiger partial charge in [0, 0.05) is 13.1 Å². The summed E-state index contributed by atoms with van der Waals surface area (Å²) in [4.78, 5) is 29.0. The van der Waals surface area contributed by atoms with Gasteiger partial charge in [0.1, 0.15) is 17.5 Å². The number of rotatable bonds is 3. The molecule has 7 heteroatoms. The predicted octanol–water partition coefficient (Wildman–Crippen LogP) is 0.692. The van der Waals surface area contributed by atoms with E-state index in [0.717, 1.165) is 19.3 Å². The van der Waals surface area contributed by atoms with Gasteiger partial charge in [0.2, 0.25) is 5.71 Å². The second-order valence-electron chi connectivity index (χ2n) is 5.88. The highest BCUT2D eigenvalue weighted by molar-refractivity contribution is 6.06. The van der Waals surface area contributed by atoms with Crippen molar-refractivity contribution in [2.75, 3.05) is 6.54 Å². The molecule has 118 valence electrons. The van der Waals surface area contributed by atoms with Crippen molar-refractivity contribution in [2.45, 2.75) is 32.2 Å². The van der Waals surface area contributed by atoms with Crippen LogP contribution < -0.4 is 16.6 Å². The Morgan fingerprint density at radius 2 is 2.32 bits per heavy atom. The van der Waals surface area contributed by atoms with Crippen molar-refractivity contribution in [3.63, 3.8) is 0 Å². The first-order valence-electron chi connectivity index (χ1n) is 7.48. The number of furan rings is 1. The fourth-order valence-corrected chi connectivity index (χ4v) is 3.21. The summed E-state index contributed by atoms with van der Waals surface area (Å²) in [6.07, 6.45) is 4.38. The van der Waals surface area contributed by atoms with Gasteiger partial charge in [0.15, 0.2) is 0 Å². The van der Waals surface area contributed by atoms with E-state index in [2.05, 4.69) is 10.3 Å². The van der Waals surface area contributed by atoms with Crippen LogP contribution in [-0.2, 0) is 7.05 Å². The van der Waals surface area contributed by atoms with Crippen LogP contribution in [-0.4, -0.2) is 28.0 Å². The van der Waals surface area contributed by atoms with Crippen molar-refractivity contribution in [3.05, 3.63) is 28.0 Å². The summed E-state index contributed by atoms with van der Waals surface area (Å²) in [5, 5.41) is 3.25. The van der Waals surface area contributed by atoms with Crippen LogP contribution in [0.4, 0.5) is 0 Å². The zero-order chi connectivity index (χ0) is 15.9. The number of aryl methyl sites for hydroxylation is 2. The molecule has 1 aliphatic carbocycles. The summed E-state index contributed by atoms with van der Waals surface area (Å²) in [6, 6.07) is 0.0578. The van der Waals surface area contributed by atoms with Crippen LogP contribution in [0.5, 0.6) is 0 Å². The van der Waals surface area contributed by atoms with Crippen molar-refractivity contribution in [1.82, 2.24) is 14.9 Å². The zero-order valence-corrected chi connectivity index (χ0v) is 12.8. The molecule has 2 heterocycles. The lowest BCUT2D eigenvalue weighted by atomic mass is 10.0. The number of fused-ring (bicyclic) bond motifs is 1. The molecule has 0 saturated heterocycles. The van der Waals surface area contributed by atoms with E-state index in [1.807, 2.05) is 0 Å². The minimum atomic E-state index is -0.285. The number of nitrogens with one attached hydrogen (secondary N) is 1. The Labute approximate surface area is 127 Å². The molecule has 0 spiro atoms. The van der Waals surface area contributed by atoms with Gasteiger partial charge in [0.25, 0.3) is 11.5 Å².